The molecule has 0 spiro atoms. The van der Waals surface area contributed by atoms with Gasteiger partial charge in [-0.2, -0.15) is 10.4 Å². The van der Waals surface area contributed by atoms with E-state index in [1.54, 1.807) is 30.3 Å². The number of nitrogens with zero attached hydrogens (tertiary/aromatic N) is 3. The Kier molecular flexibility index (Phi) is 6.48. The van der Waals surface area contributed by atoms with Gasteiger partial charge in [-0.1, -0.05) is 48.0 Å². The van der Waals surface area contributed by atoms with E-state index in [-0.39, 0.29) is 6.61 Å². The van der Waals surface area contributed by atoms with E-state index in [9.17, 15) is 4.79 Å². The maximum Gasteiger partial charge on any atom is 0.331 e. The summed E-state index contributed by atoms with van der Waals surface area (Å²) in [5.74, 6) is -0.476. The number of rotatable bonds is 6. The molecule has 0 unspecified atom stereocenters. The van der Waals surface area contributed by atoms with E-state index in [1.807, 2.05) is 42.8 Å². The normalized spacial score (nSPS) is 10.8. The molecular weight excluding hydrogens is 386 g/mol. The van der Waals surface area contributed by atoms with E-state index in [0.29, 0.717) is 22.7 Å². The van der Waals surface area contributed by atoms with Crippen molar-refractivity contribution in [3.63, 3.8) is 0 Å². The SMILES string of the molecule is Cc1nn(Cc2ccccc2Cl)c(C)c1/C=C/C(=O)OCc1ccccc1C#N. The Hall–Kier alpha value is -3.36. The molecule has 0 aliphatic rings. The summed E-state index contributed by atoms with van der Waals surface area (Å²) >= 11 is 6.25. The average Bonchev–Trinajstić information content (AvgIpc) is 2.99. The zero-order valence-corrected chi connectivity index (χ0v) is 17.0. The van der Waals surface area contributed by atoms with Crippen LogP contribution in [0.4, 0.5) is 0 Å². The number of nitriles is 1. The molecule has 29 heavy (non-hydrogen) atoms. The fraction of sp³-hybridized carbons (Fsp3) is 0.174. The summed E-state index contributed by atoms with van der Waals surface area (Å²) in [6.45, 7) is 4.45. The predicted octanol–water partition coefficient (Wildman–Crippen LogP) is 4.83. The molecule has 0 aliphatic heterocycles. The lowest BCUT2D eigenvalue weighted by atomic mass is 10.1. The highest BCUT2D eigenvalue weighted by Gasteiger charge is 2.11. The summed E-state index contributed by atoms with van der Waals surface area (Å²) in [7, 11) is 0. The van der Waals surface area contributed by atoms with Gasteiger partial charge in [-0.05, 0) is 37.6 Å². The van der Waals surface area contributed by atoms with Gasteiger partial charge in [-0.3, -0.25) is 4.68 Å². The van der Waals surface area contributed by atoms with Gasteiger partial charge in [0.1, 0.15) is 6.61 Å². The molecule has 6 heteroatoms. The first-order valence-corrected chi connectivity index (χ1v) is 9.47. The number of benzene rings is 2. The average molecular weight is 406 g/mol. The van der Waals surface area contributed by atoms with Crippen molar-refractivity contribution in [2.45, 2.75) is 27.0 Å². The number of ether oxygens (including phenoxy) is 1. The molecule has 5 nitrogen and oxygen atoms in total. The molecule has 0 amide bonds. The molecule has 0 fully saturated rings. The van der Waals surface area contributed by atoms with Gasteiger partial charge in [0.05, 0.1) is 23.9 Å². The number of hydrogen-bond donors (Lipinski definition) is 0. The molecule has 0 radical (unpaired) electrons. The van der Waals surface area contributed by atoms with Gasteiger partial charge in [0.2, 0.25) is 0 Å². The van der Waals surface area contributed by atoms with Crippen LogP contribution < -0.4 is 0 Å². The van der Waals surface area contributed by atoms with E-state index in [1.165, 1.54) is 6.08 Å². The molecule has 0 bridgehead atoms. The lowest BCUT2D eigenvalue weighted by molar-refractivity contribution is -0.138. The van der Waals surface area contributed by atoms with Crippen molar-refractivity contribution >= 4 is 23.6 Å². The molecule has 1 heterocycles. The van der Waals surface area contributed by atoms with Gasteiger partial charge in [0.15, 0.2) is 0 Å². The predicted molar refractivity (Wildman–Crippen MR) is 112 cm³/mol. The maximum absolute atomic E-state index is 12.1. The Bertz CT molecular complexity index is 1110. The lowest BCUT2D eigenvalue weighted by Gasteiger charge is -2.06. The molecule has 0 saturated heterocycles. The number of carbonyl (C=O) groups excluding carboxylic acids is 1. The van der Waals surface area contributed by atoms with E-state index < -0.39 is 5.97 Å². The monoisotopic (exact) mass is 405 g/mol. The Morgan fingerprint density at radius 1 is 1.17 bits per heavy atom. The number of aryl methyl sites for hydroxylation is 1. The van der Waals surface area contributed by atoms with E-state index in [4.69, 9.17) is 21.6 Å². The van der Waals surface area contributed by atoms with Crippen molar-refractivity contribution in [3.8, 4) is 6.07 Å². The van der Waals surface area contributed by atoms with Gasteiger partial charge in [0, 0.05) is 27.9 Å². The second-order valence-corrected chi connectivity index (χ2v) is 6.95. The summed E-state index contributed by atoms with van der Waals surface area (Å²) in [5.41, 5.74) is 4.76. The fourth-order valence-electron chi connectivity index (χ4n) is 3.00. The van der Waals surface area contributed by atoms with Crippen LogP contribution in [0.5, 0.6) is 0 Å². The van der Waals surface area contributed by atoms with Crippen molar-refractivity contribution in [1.29, 1.82) is 5.26 Å². The molecule has 2 aromatic carbocycles. The van der Waals surface area contributed by atoms with Gasteiger partial charge < -0.3 is 4.74 Å². The minimum absolute atomic E-state index is 0.0522. The standard InChI is InChI=1S/C23H20ClN3O2/c1-16-21(17(2)27(26-16)14-19-8-5-6-10-22(19)24)11-12-23(28)29-15-20-9-4-3-7-18(20)13-25/h3-12H,14-15H2,1-2H3/b12-11+. The number of hydrogen-bond acceptors (Lipinski definition) is 4. The molecule has 3 aromatic rings. The van der Waals surface area contributed by atoms with E-state index in [0.717, 1.165) is 22.5 Å². The number of esters is 1. The van der Waals surface area contributed by atoms with Crippen molar-refractivity contribution < 1.29 is 9.53 Å². The Labute approximate surface area is 174 Å². The molecule has 0 N–H and O–H groups in total. The Morgan fingerprint density at radius 3 is 2.59 bits per heavy atom. The van der Waals surface area contributed by atoms with Crippen LogP contribution in [0.15, 0.2) is 54.6 Å². The molecule has 0 saturated carbocycles. The van der Waals surface area contributed by atoms with E-state index >= 15 is 0 Å². The highest BCUT2D eigenvalue weighted by Crippen LogP contribution is 2.20. The summed E-state index contributed by atoms with van der Waals surface area (Å²) < 4.78 is 7.13. The zero-order chi connectivity index (χ0) is 20.8. The topological polar surface area (TPSA) is 67.9 Å². The molecule has 146 valence electrons. The van der Waals surface area contributed by atoms with Gasteiger partial charge >= 0.3 is 5.97 Å². The fourth-order valence-corrected chi connectivity index (χ4v) is 3.19. The quantitative estimate of drug-likeness (QED) is 0.435. The second-order valence-electron chi connectivity index (χ2n) is 6.54. The molecule has 3 rings (SSSR count). The minimum Gasteiger partial charge on any atom is -0.458 e. The van der Waals surface area contributed by atoms with Crippen LogP contribution in [0.3, 0.4) is 0 Å². The zero-order valence-electron chi connectivity index (χ0n) is 16.2. The number of carbonyl (C=O) groups is 1. The third-order valence-corrected chi connectivity index (χ3v) is 4.98. The smallest absolute Gasteiger partial charge is 0.331 e. The third-order valence-electron chi connectivity index (χ3n) is 4.61. The highest BCUT2D eigenvalue weighted by molar-refractivity contribution is 6.31. The summed E-state index contributed by atoms with van der Waals surface area (Å²) in [6.07, 6.45) is 3.09. The summed E-state index contributed by atoms with van der Waals surface area (Å²) in [5, 5.41) is 14.4. The van der Waals surface area contributed by atoms with Crippen LogP contribution in [0.25, 0.3) is 6.08 Å². The van der Waals surface area contributed by atoms with Crippen LogP contribution in [0, 0.1) is 25.2 Å². The first-order valence-electron chi connectivity index (χ1n) is 9.10. The van der Waals surface area contributed by atoms with Crippen LogP contribution in [0.1, 0.15) is 33.6 Å². The van der Waals surface area contributed by atoms with Crippen LogP contribution in [-0.2, 0) is 22.7 Å². The Balaban J connectivity index is 1.69. The number of halogens is 1. The van der Waals surface area contributed by atoms with Crippen LogP contribution >= 0.6 is 11.6 Å². The van der Waals surface area contributed by atoms with Crippen molar-refractivity contribution in [2.24, 2.45) is 0 Å². The van der Waals surface area contributed by atoms with Gasteiger partial charge in [-0.15, -0.1) is 0 Å². The van der Waals surface area contributed by atoms with Crippen LogP contribution in [0.2, 0.25) is 5.02 Å². The van der Waals surface area contributed by atoms with Gasteiger partial charge in [0.25, 0.3) is 0 Å². The van der Waals surface area contributed by atoms with Crippen molar-refractivity contribution in [2.75, 3.05) is 0 Å². The Morgan fingerprint density at radius 2 is 1.86 bits per heavy atom. The molecule has 0 aliphatic carbocycles. The maximum atomic E-state index is 12.1. The van der Waals surface area contributed by atoms with Gasteiger partial charge in [-0.25, -0.2) is 4.79 Å². The molecule has 0 atom stereocenters. The summed E-state index contributed by atoms with van der Waals surface area (Å²) in [4.78, 5) is 12.1. The summed E-state index contributed by atoms with van der Waals surface area (Å²) in [6, 6.07) is 16.8. The molecular formula is C23H20ClN3O2. The lowest BCUT2D eigenvalue weighted by Crippen LogP contribution is -2.04. The van der Waals surface area contributed by atoms with Crippen molar-refractivity contribution in [3.05, 3.63) is 93.3 Å². The molecule has 1 aromatic heterocycles. The van der Waals surface area contributed by atoms with E-state index in [2.05, 4.69) is 11.2 Å². The van der Waals surface area contributed by atoms with Crippen LogP contribution in [-0.4, -0.2) is 15.7 Å². The highest BCUT2D eigenvalue weighted by atomic mass is 35.5. The van der Waals surface area contributed by atoms with Crippen molar-refractivity contribution in [1.82, 2.24) is 9.78 Å². The third kappa shape index (κ3) is 4.92. The second kappa shape index (κ2) is 9.22. The largest absolute Gasteiger partial charge is 0.458 e. The minimum atomic E-state index is -0.476. The first kappa shape index (κ1) is 20.4. The first-order chi connectivity index (χ1) is 14.0. The number of aromatic nitrogens is 2.